The molecule has 0 spiro atoms. The van der Waals surface area contributed by atoms with E-state index < -0.39 is 0 Å². The van der Waals surface area contributed by atoms with Gasteiger partial charge in [0, 0.05) is 17.5 Å². The van der Waals surface area contributed by atoms with Crippen LogP contribution < -0.4 is 10.1 Å². The molecule has 3 rings (SSSR count). The number of amides is 1. The molecular formula is C20H23N3O2S. The molecule has 1 N–H and O–H groups in total. The van der Waals surface area contributed by atoms with Crippen LogP contribution in [0.2, 0.25) is 0 Å². The normalized spacial score (nSPS) is 19.7. The molecule has 0 aliphatic heterocycles. The third-order valence-electron chi connectivity index (χ3n) is 4.91. The Morgan fingerprint density at radius 2 is 2.19 bits per heavy atom. The third kappa shape index (κ3) is 4.28. The highest BCUT2D eigenvalue weighted by molar-refractivity contribution is 8.00. The first-order valence-corrected chi connectivity index (χ1v) is 9.90. The van der Waals surface area contributed by atoms with Gasteiger partial charge in [0.1, 0.15) is 16.8 Å². The van der Waals surface area contributed by atoms with E-state index in [9.17, 15) is 10.1 Å². The van der Waals surface area contributed by atoms with Crippen LogP contribution in [0.25, 0.3) is 10.9 Å². The molecule has 1 fully saturated rings. The van der Waals surface area contributed by atoms with Crippen molar-refractivity contribution in [2.45, 2.75) is 43.7 Å². The zero-order chi connectivity index (χ0) is 18.5. The summed E-state index contributed by atoms with van der Waals surface area (Å²) >= 11 is 1.31. The van der Waals surface area contributed by atoms with Gasteiger partial charge >= 0.3 is 0 Å². The van der Waals surface area contributed by atoms with Gasteiger partial charge in [0.05, 0.1) is 23.9 Å². The van der Waals surface area contributed by atoms with Gasteiger partial charge in [0.25, 0.3) is 0 Å². The number of thioether (sulfide) groups is 1. The lowest BCUT2D eigenvalue weighted by molar-refractivity contribution is -0.119. The SMILES string of the molecule is COc1ccc2cc(C#N)c(SCC(=O)N[C@@H]3CCCC[C@@H]3C)nc2c1. The number of pyridine rings is 1. The maximum atomic E-state index is 12.3. The summed E-state index contributed by atoms with van der Waals surface area (Å²) in [6.45, 7) is 2.20. The summed E-state index contributed by atoms with van der Waals surface area (Å²) in [6, 6.07) is 9.82. The molecule has 1 heterocycles. The van der Waals surface area contributed by atoms with E-state index >= 15 is 0 Å². The number of methoxy groups -OCH3 is 1. The van der Waals surface area contributed by atoms with Crippen LogP contribution in [-0.2, 0) is 4.79 Å². The molecule has 136 valence electrons. The van der Waals surface area contributed by atoms with E-state index in [2.05, 4.69) is 23.3 Å². The van der Waals surface area contributed by atoms with Gasteiger partial charge in [-0.15, -0.1) is 0 Å². The summed E-state index contributed by atoms with van der Waals surface area (Å²) in [7, 11) is 1.61. The number of ether oxygens (including phenoxy) is 1. The maximum absolute atomic E-state index is 12.3. The van der Waals surface area contributed by atoms with E-state index in [0.29, 0.717) is 16.5 Å². The lowest BCUT2D eigenvalue weighted by Gasteiger charge is -2.29. The number of benzene rings is 1. The number of rotatable bonds is 5. The fraction of sp³-hybridized carbons (Fsp3) is 0.450. The molecule has 0 unspecified atom stereocenters. The van der Waals surface area contributed by atoms with Crippen molar-refractivity contribution in [2.24, 2.45) is 5.92 Å². The van der Waals surface area contributed by atoms with E-state index in [-0.39, 0.29) is 17.7 Å². The second-order valence-electron chi connectivity index (χ2n) is 6.74. The number of fused-ring (bicyclic) bond motifs is 1. The molecule has 2 atom stereocenters. The first kappa shape index (κ1) is 18.5. The van der Waals surface area contributed by atoms with Crippen LogP contribution in [0.3, 0.4) is 0 Å². The first-order chi connectivity index (χ1) is 12.6. The Morgan fingerprint density at radius 3 is 2.92 bits per heavy atom. The van der Waals surface area contributed by atoms with Crippen LogP contribution in [0.5, 0.6) is 5.75 Å². The van der Waals surface area contributed by atoms with Gasteiger partial charge in [-0.05, 0) is 37.0 Å². The lowest BCUT2D eigenvalue weighted by atomic mass is 9.86. The number of carbonyl (C=O) groups is 1. The topological polar surface area (TPSA) is 75.0 Å². The van der Waals surface area contributed by atoms with Gasteiger partial charge in [-0.2, -0.15) is 5.26 Å². The Labute approximate surface area is 158 Å². The third-order valence-corrected chi connectivity index (χ3v) is 5.90. The second-order valence-corrected chi connectivity index (χ2v) is 7.70. The van der Waals surface area contributed by atoms with Crippen molar-refractivity contribution in [3.63, 3.8) is 0 Å². The van der Waals surface area contributed by atoms with Crippen molar-refractivity contribution in [1.29, 1.82) is 5.26 Å². The zero-order valence-electron chi connectivity index (χ0n) is 15.1. The molecule has 0 radical (unpaired) electrons. The van der Waals surface area contributed by atoms with Gasteiger partial charge < -0.3 is 10.1 Å². The Bertz CT molecular complexity index is 847. The molecule has 1 amide bonds. The lowest BCUT2D eigenvalue weighted by Crippen LogP contribution is -2.41. The summed E-state index contributed by atoms with van der Waals surface area (Å²) in [5, 5.41) is 14.0. The van der Waals surface area contributed by atoms with Crippen LogP contribution in [0.15, 0.2) is 29.3 Å². The maximum Gasteiger partial charge on any atom is 0.230 e. The summed E-state index contributed by atoms with van der Waals surface area (Å²) in [5.74, 6) is 1.51. The van der Waals surface area contributed by atoms with Gasteiger partial charge in [-0.25, -0.2) is 4.98 Å². The van der Waals surface area contributed by atoms with E-state index in [4.69, 9.17) is 4.74 Å². The fourth-order valence-electron chi connectivity index (χ4n) is 3.36. The molecule has 2 aromatic rings. The summed E-state index contributed by atoms with van der Waals surface area (Å²) in [5.41, 5.74) is 1.25. The number of aromatic nitrogens is 1. The Kier molecular flexibility index (Phi) is 6.00. The average molecular weight is 369 g/mol. The number of nitrogens with zero attached hydrogens (tertiary/aromatic N) is 2. The van der Waals surface area contributed by atoms with Crippen LogP contribution in [-0.4, -0.2) is 29.8 Å². The largest absolute Gasteiger partial charge is 0.497 e. The number of nitrogens with one attached hydrogen (secondary N) is 1. The van der Waals surface area contributed by atoms with Crippen molar-refractivity contribution < 1.29 is 9.53 Å². The summed E-state index contributed by atoms with van der Waals surface area (Å²) < 4.78 is 5.24. The highest BCUT2D eigenvalue weighted by atomic mass is 32.2. The fourth-order valence-corrected chi connectivity index (χ4v) is 4.13. The number of hydrogen-bond acceptors (Lipinski definition) is 5. The number of nitriles is 1. The molecule has 0 bridgehead atoms. The predicted octanol–water partition coefficient (Wildman–Crippen LogP) is 3.90. The molecule has 1 aliphatic rings. The van der Waals surface area contributed by atoms with Crippen LogP contribution in [0, 0.1) is 17.2 Å². The Morgan fingerprint density at radius 1 is 1.38 bits per heavy atom. The highest BCUT2D eigenvalue weighted by Gasteiger charge is 2.23. The van der Waals surface area contributed by atoms with E-state index in [1.165, 1.54) is 31.0 Å². The molecule has 1 saturated carbocycles. The second kappa shape index (κ2) is 8.41. The minimum Gasteiger partial charge on any atom is -0.497 e. The molecule has 1 aromatic carbocycles. The van der Waals surface area contributed by atoms with Crippen molar-refractivity contribution >= 4 is 28.6 Å². The first-order valence-electron chi connectivity index (χ1n) is 8.91. The molecule has 6 heteroatoms. The van der Waals surface area contributed by atoms with E-state index in [0.717, 1.165) is 23.1 Å². The zero-order valence-corrected chi connectivity index (χ0v) is 15.9. The summed E-state index contributed by atoms with van der Waals surface area (Å²) in [6.07, 6.45) is 4.65. The Balaban J connectivity index is 1.71. The number of carbonyl (C=O) groups excluding carboxylic acids is 1. The van der Waals surface area contributed by atoms with Gasteiger partial charge in [0.15, 0.2) is 0 Å². The predicted molar refractivity (Wildman–Crippen MR) is 103 cm³/mol. The molecule has 1 aliphatic carbocycles. The van der Waals surface area contributed by atoms with Crippen LogP contribution >= 0.6 is 11.8 Å². The van der Waals surface area contributed by atoms with Gasteiger partial charge in [-0.1, -0.05) is 31.5 Å². The van der Waals surface area contributed by atoms with Gasteiger partial charge in [-0.3, -0.25) is 4.79 Å². The molecule has 26 heavy (non-hydrogen) atoms. The van der Waals surface area contributed by atoms with Crippen molar-refractivity contribution in [1.82, 2.24) is 10.3 Å². The van der Waals surface area contributed by atoms with E-state index in [1.807, 2.05) is 24.3 Å². The van der Waals surface area contributed by atoms with Gasteiger partial charge in [0.2, 0.25) is 5.91 Å². The van der Waals surface area contributed by atoms with Crippen molar-refractivity contribution in [3.05, 3.63) is 29.8 Å². The number of hydrogen-bond donors (Lipinski definition) is 1. The molecule has 1 aromatic heterocycles. The van der Waals surface area contributed by atoms with E-state index in [1.54, 1.807) is 7.11 Å². The molecule has 0 saturated heterocycles. The molecular weight excluding hydrogens is 346 g/mol. The summed E-state index contributed by atoms with van der Waals surface area (Å²) in [4.78, 5) is 16.9. The monoisotopic (exact) mass is 369 g/mol. The van der Waals surface area contributed by atoms with Crippen molar-refractivity contribution in [3.8, 4) is 11.8 Å². The quantitative estimate of drug-likeness (QED) is 0.809. The highest BCUT2D eigenvalue weighted by Crippen LogP contribution is 2.27. The van der Waals surface area contributed by atoms with Crippen molar-refractivity contribution in [2.75, 3.05) is 12.9 Å². The molecule has 5 nitrogen and oxygen atoms in total. The Hall–Kier alpha value is -2.26. The van der Waals surface area contributed by atoms with Crippen LogP contribution in [0.4, 0.5) is 0 Å². The average Bonchev–Trinajstić information content (AvgIpc) is 2.66. The minimum atomic E-state index is 0.00480. The smallest absolute Gasteiger partial charge is 0.230 e. The standard InChI is InChI=1S/C20H23N3O2S/c1-13-5-3-4-6-17(13)22-19(24)12-26-20-15(11-21)9-14-7-8-16(25-2)10-18(14)23-20/h7-10,13,17H,3-6,12H2,1-2H3,(H,22,24)/t13-,17+/m0/s1. The minimum absolute atomic E-state index is 0.00480. The van der Waals surface area contributed by atoms with Crippen LogP contribution in [0.1, 0.15) is 38.2 Å².